The normalized spacial score (nSPS) is 19.5. The molecule has 133 heavy (non-hydrogen) atoms. The highest BCUT2D eigenvalue weighted by Gasteiger charge is 2.31. The maximum absolute atomic E-state index is 12.7. The summed E-state index contributed by atoms with van der Waals surface area (Å²) < 4.78 is 135. The molecule has 7 unspecified atom stereocenters. The van der Waals surface area contributed by atoms with E-state index in [1.54, 1.807) is 57.8 Å². The smallest absolute Gasteiger partial charge is 0.416 e. The molecule has 7 atom stereocenters. The van der Waals surface area contributed by atoms with Gasteiger partial charge in [0.2, 0.25) is 0 Å². The lowest BCUT2D eigenvalue weighted by Crippen LogP contribution is -2.24. The first kappa shape index (κ1) is 103. The predicted octanol–water partition coefficient (Wildman–Crippen LogP) is 21.2. The van der Waals surface area contributed by atoms with E-state index >= 15 is 0 Å². The van der Waals surface area contributed by atoms with Gasteiger partial charge in [0.05, 0.1) is 96.9 Å². The minimum absolute atomic E-state index is 0.0652. The van der Waals surface area contributed by atoms with Crippen molar-refractivity contribution in [3.05, 3.63) is 349 Å². The van der Waals surface area contributed by atoms with E-state index in [0.717, 1.165) is 94.0 Å². The first-order valence-electron chi connectivity index (χ1n) is 42.9. The number of rotatable bonds is 26. The van der Waals surface area contributed by atoms with E-state index in [-0.39, 0.29) is 72.3 Å². The molecule has 7 aromatic carbocycles. The topological polar surface area (TPSA) is 267 Å². The third-order valence-electron chi connectivity index (χ3n) is 20.0. The summed E-state index contributed by atoms with van der Waals surface area (Å²) in [6.45, 7) is 6.35. The average Bonchev–Trinajstić information content (AvgIpc) is 0.845. The number of fused-ring (bicyclic) bond motifs is 1. The van der Waals surface area contributed by atoms with Crippen LogP contribution in [0.15, 0.2) is 294 Å². The summed E-state index contributed by atoms with van der Waals surface area (Å²) in [7, 11) is 7.63. The van der Waals surface area contributed by atoms with Crippen molar-refractivity contribution in [3.63, 3.8) is 0 Å². The summed E-state index contributed by atoms with van der Waals surface area (Å²) in [5.41, 5.74) is 6.29. The van der Waals surface area contributed by atoms with Crippen LogP contribution in [-0.4, -0.2) is 146 Å². The van der Waals surface area contributed by atoms with Gasteiger partial charge < -0.3 is 75.8 Å². The van der Waals surface area contributed by atoms with Crippen molar-refractivity contribution in [1.29, 1.82) is 0 Å². The van der Waals surface area contributed by atoms with Crippen molar-refractivity contribution in [2.75, 3.05) is 62.0 Å². The van der Waals surface area contributed by atoms with Crippen molar-refractivity contribution < 1.29 is 127 Å². The van der Waals surface area contributed by atoms with Crippen LogP contribution in [0.3, 0.4) is 0 Å². The van der Waals surface area contributed by atoms with E-state index in [4.69, 9.17) is 87.4 Å². The van der Waals surface area contributed by atoms with Gasteiger partial charge in [-0.25, -0.2) is 38.0 Å². The molecular formula is C104H106BrClF4O23. The van der Waals surface area contributed by atoms with Crippen molar-refractivity contribution in [3.8, 4) is 11.5 Å². The number of hydrogen-bond donors (Lipinski definition) is 0. The van der Waals surface area contributed by atoms with Gasteiger partial charge in [0.1, 0.15) is 102 Å². The number of ether oxygens (including phenoxy) is 16. The molecule has 0 spiro atoms. The molecule has 29 heteroatoms. The minimum Gasteiger partial charge on any atom is -0.501 e. The van der Waals surface area contributed by atoms with Crippen LogP contribution in [0, 0.1) is 5.82 Å². The largest absolute Gasteiger partial charge is 0.501 e. The number of aryl methyl sites for hydroxylation is 2. The van der Waals surface area contributed by atoms with Crippen molar-refractivity contribution in [2.24, 2.45) is 0 Å². The minimum atomic E-state index is -4.35. The Morgan fingerprint density at radius 3 is 1.05 bits per heavy atom. The number of halogens is 6. The third-order valence-corrected chi connectivity index (χ3v) is 20.8. The van der Waals surface area contributed by atoms with Gasteiger partial charge in [0.15, 0.2) is 11.5 Å². The van der Waals surface area contributed by atoms with Crippen molar-refractivity contribution in [2.45, 2.75) is 140 Å². The zero-order valence-electron chi connectivity index (χ0n) is 74.6. The van der Waals surface area contributed by atoms with Crippen molar-refractivity contribution >= 4 is 99.7 Å². The number of alkyl halides is 3. The maximum atomic E-state index is 12.7. The molecule has 0 radical (unpaired) electrons. The summed E-state index contributed by atoms with van der Waals surface area (Å²) >= 11 is 9.18. The van der Waals surface area contributed by atoms with Gasteiger partial charge in [-0.05, 0) is 169 Å². The molecule has 8 aliphatic heterocycles. The standard InChI is InChI=1S/C16H16O5.C16H20O3.C15H13F3O3.C15H18O3.C14H13BrO3.C14H13ClO3.C14H13FO3/c1-18-13-9-12(21-16(17)10-13)4-2-11-3-5-14-15(8-11)20-7-6-19-14;1-2-10-18-15-11-14(19-16(17)12-15)9-8-13-6-4-3-5-7-13;1-20-13-8-12(21-14(19)9-13)7-4-10-2-5-11(6-3-10)15(16,17)18;1-2-17-14-10-13(18-15(16)11-14)9-8-12-6-4-3-5-7-12;3*1-17-13-8-12(18-14(16)9-13)7-4-10-2-5-11(15)6-3-10/h2-5,8,10,12H,6-7,9H2,1H3;3-7,12,14H,2,8-11H2,1H3;2-7,9,12H,8H2,1H3;3-7,11,13H,2,8-10H2,1H3;3*2-7,9,12H,8H2,1H3/b4-2+;;7-4+;;3*7-4+. The summed E-state index contributed by atoms with van der Waals surface area (Å²) in [5.74, 6) is 3.15. The zero-order chi connectivity index (χ0) is 95.3. The maximum Gasteiger partial charge on any atom is 0.416 e. The van der Waals surface area contributed by atoms with Crippen LogP contribution in [0.5, 0.6) is 11.5 Å². The van der Waals surface area contributed by atoms with Crippen LogP contribution in [0.4, 0.5) is 17.6 Å². The van der Waals surface area contributed by atoms with Gasteiger partial charge in [-0.2, -0.15) is 13.2 Å². The fourth-order valence-corrected chi connectivity index (χ4v) is 13.7. The molecule has 23 nitrogen and oxygen atoms in total. The Bertz CT molecular complexity index is 5150. The van der Waals surface area contributed by atoms with Gasteiger partial charge in [0, 0.05) is 54.4 Å². The second-order valence-electron chi connectivity index (χ2n) is 30.0. The molecule has 7 aromatic rings. The zero-order valence-corrected chi connectivity index (χ0v) is 76.9. The van der Waals surface area contributed by atoms with Crippen LogP contribution in [0.25, 0.3) is 30.4 Å². The van der Waals surface area contributed by atoms with Gasteiger partial charge >= 0.3 is 48.0 Å². The molecule has 0 bridgehead atoms. The summed E-state index contributed by atoms with van der Waals surface area (Å²) in [6, 6.07) is 52.3. The fourth-order valence-electron chi connectivity index (χ4n) is 13.3. The van der Waals surface area contributed by atoms with E-state index in [0.29, 0.717) is 111 Å². The van der Waals surface area contributed by atoms with E-state index in [9.17, 15) is 51.1 Å². The monoisotopic (exact) mass is 1910 g/mol. The number of benzene rings is 7. The molecular weight excluding hydrogens is 1810 g/mol. The van der Waals surface area contributed by atoms with E-state index in [1.807, 2.05) is 147 Å². The highest BCUT2D eigenvalue weighted by molar-refractivity contribution is 9.10. The molecule has 0 saturated heterocycles. The van der Waals surface area contributed by atoms with Crippen LogP contribution in [-0.2, 0) is 119 Å². The van der Waals surface area contributed by atoms with Crippen LogP contribution in [0.2, 0.25) is 5.02 Å². The van der Waals surface area contributed by atoms with Crippen LogP contribution >= 0.6 is 27.5 Å². The molecule has 0 N–H and O–H groups in total. The molecule has 0 amide bonds. The Labute approximate surface area is 784 Å². The lowest BCUT2D eigenvalue weighted by atomic mass is 10.0. The highest BCUT2D eigenvalue weighted by atomic mass is 79.9. The Hall–Kier alpha value is -13.6. The Kier molecular flexibility index (Phi) is 42.6. The summed E-state index contributed by atoms with van der Waals surface area (Å²) in [4.78, 5) is 79.3. The second-order valence-corrected chi connectivity index (χ2v) is 31.4. The lowest BCUT2D eigenvalue weighted by Gasteiger charge is -2.23. The van der Waals surface area contributed by atoms with E-state index < -0.39 is 29.8 Å². The fraction of sp³-hybridized carbons (Fsp3) is 0.298. The number of esters is 7. The van der Waals surface area contributed by atoms with Crippen LogP contribution < -0.4 is 9.47 Å². The quantitative estimate of drug-likeness (QED) is 0.0277. The Morgan fingerprint density at radius 2 is 0.692 bits per heavy atom. The Morgan fingerprint density at radius 1 is 0.376 bits per heavy atom. The van der Waals surface area contributed by atoms with Gasteiger partial charge in [-0.15, -0.1) is 0 Å². The number of methoxy groups -OCH3 is 5. The first-order chi connectivity index (χ1) is 64.2. The lowest BCUT2D eigenvalue weighted by molar-refractivity contribution is -0.146. The van der Waals surface area contributed by atoms with Gasteiger partial charge in [-0.3, -0.25) is 0 Å². The number of carbonyl (C=O) groups excluding carboxylic acids is 7. The summed E-state index contributed by atoms with van der Waals surface area (Å²) in [6.07, 6.45) is 29.9. The van der Waals surface area contributed by atoms with Crippen LogP contribution in [0.1, 0.15) is 123 Å². The highest BCUT2D eigenvalue weighted by Crippen LogP contribution is 2.34. The van der Waals surface area contributed by atoms with E-state index in [1.165, 1.54) is 92.1 Å². The second kappa shape index (κ2) is 54.9. The molecule has 0 aromatic heterocycles. The summed E-state index contributed by atoms with van der Waals surface area (Å²) in [5, 5.41) is 0.695. The van der Waals surface area contributed by atoms with Gasteiger partial charge in [0.25, 0.3) is 0 Å². The first-order valence-corrected chi connectivity index (χ1v) is 44.0. The average molecular weight is 1920 g/mol. The SMILES string of the molecule is CCCOC1=CC(=O)OC(CCc2ccccc2)C1.CCOC1=CC(=O)OC(CCc2ccccc2)C1.COC1=CC(=O)OC(/C=C/c2ccc(Br)cc2)C1.COC1=CC(=O)OC(/C=C/c2ccc(C(F)(F)F)cc2)C1.COC1=CC(=O)OC(/C=C/c2ccc(Cl)cc2)C1.COC1=CC(=O)OC(/C=C/c2ccc(F)cc2)C1.COC1=CC(=O)OC(/C=C/c2ccc3c(c2)OCCO3)C1. The predicted molar refractivity (Wildman–Crippen MR) is 497 cm³/mol. The number of hydrogen-bond acceptors (Lipinski definition) is 23. The molecule has 0 fully saturated rings. The van der Waals surface area contributed by atoms with Crippen molar-refractivity contribution in [1.82, 2.24) is 0 Å². The molecule has 8 aliphatic rings. The number of carbonyl (C=O) groups is 7. The van der Waals surface area contributed by atoms with E-state index in [2.05, 4.69) is 47.1 Å². The third kappa shape index (κ3) is 38.4. The number of cyclic esters (lactones) is 7. The molecule has 702 valence electrons. The van der Waals surface area contributed by atoms with Gasteiger partial charge in [-0.1, -0.05) is 180 Å². The Balaban J connectivity index is 0.000000175. The molecule has 15 rings (SSSR count). The molecule has 0 aliphatic carbocycles. The molecule has 8 heterocycles. The molecule has 0 saturated carbocycles.